The number of benzene rings is 2. The molecule has 1 heterocycles. The Morgan fingerprint density at radius 2 is 1.62 bits per heavy atom. The van der Waals surface area contributed by atoms with Crippen molar-refractivity contribution in [3.63, 3.8) is 0 Å². The molecule has 0 fully saturated rings. The van der Waals surface area contributed by atoms with Crippen molar-refractivity contribution in [3.8, 4) is 11.5 Å². The van der Waals surface area contributed by atoms with Gasteiger partial charge in [0, 0.05) is 22.7 Å². The van der Waals surface area contributed by atoms with Gasteiger partial charge in [-0.3, -0.25) is 14.9 Å². The molecule has 0 bridgehead atoms. The minimum Gasteiger partial charge on any atom is -0.497 e. The molecule has 7 nitrogen and oxygen atoms in total. The smallest absolute Gasteiger partial charge is 0.275 e. The highest BCUT2D eigenvalue weighted by Crippen LogP contribution is 2.24. The molecule has 0 aliphatic carbocycles. The maximum atomic E-state index is 12.5. The molecule has 2 N–H and O–H groups in total. The van der Waals surface area contributed by atoms with E-state index in [1.807, 2.05) is 32.0 Å². The molecule has 1 aromatic heterocycles. The Morgan fingerprint density at radius 1 is 0.931 bits per heavy atom. The van der Waals surface area contributed by atoms with Crippen molar-refractivity contribution < 1.29 is 19.1 Å². The van der Waals surface area contributed by atoms with Crippen LogP contribution in [0.25, 0.3) is 0 Å². The fourth-order valence-electron chi connectivity index (χ4n) is 2.60. The zero-order valence-electron chi connectivity index (χ0n) is 16.5. The Morgan fingerprint density at radius 3 is 2.28 bits per heavy atom. The summed E-state index contributed by atoms with van der Waals surface area (Å²) in [7, 11) is 3.02. The first-order valence-corrected chi connectivity index (χ1v) is 9.66. The third-order valence-corrected chi connectivity index (χ3v) is 4.97. The number of amides is 2. The van der Waals surface area contributed by atoms with Crippen molar-refractivity contribution in [1.82, 2.24) is 4.98 Å². The van der Waals surface area contributed by atoms with E-state index < -0.39 is 0 Å². The van der Waals surface area contributed by atoms with Gasteiger partial charge in [-0.05, 0) is 43.2 Å². The second-order valence-electron chi connectivity index (χ2n) is 6.37. The van der Waals surface area contributed by atoms with Crippen LogP contribution in [0.5, 0.6) is 11.5 Å². The molecule has 29 heavy (non-hydrogen) atoms. The number of nitrogens with zero attached hydrogens (tertiary/aromatic N) is 1. The van der Waals surface area contributed by atoms with Crippen LogP contribution in [0.15, 0.2) is 41.8 Å². The number of methoxy groups -OCH3 is 2. The van der Waals surface area contributed by atoms with Gasteiger partial charge in [0.1, 0.15) is 17.2 Å². The van der Waals surface area contributed by atoms with Gasteiger partial charge >= 0.3 is 0 Å². The topological polar surface area (TPSA) is 89.6 Å². The normalized spacial score (nSPS) is 10.3. The van der Waals surface area contributed by atoms with Crippen molar-refractivity contribution in [1.29, 1.82) is 0 Å². The molecule has 0 saturated carbocycles. The van der Waals surface area contributed by atoms with E-state index in [1.165, 1.54) is 25.6 Å². The van der Waals surface area contributed by atoms with E-state index in [0.717, 1.165) is 16.8 Å². The van der Waals surface area contributed by atoms with E-state index in [2.05, 4.69) is 15.6 Å². The number of nitrogens with one attached hydrogen (secondary N) is 2. The second kappa shape index (κ2) is 8.74. The molecular formula is C21H21N3O4S. The molecule has 0 aliphatic heterocycles. The molecule has 8 heteroatoms. The molecule has 0 unspecified atom stereocenters. The van der Waals surface area contributed by atoms with Crippen LogP contribution in [0.2, 0.25) is 0 Å². The summed E-state index contributed by atoms with van der Waals surface area (Å²) in [4.78, 5) is 29.3. The number of thiazole rings is 1. The molecule has 0 aliphatic rings. The summed E-state index contributed by atoms with van der Waals surface area (Å²) in [6, 6.07) is 10.7. The third-order valence-electron chi connectivity index (χ3n) is 4.21. The van der Waals surface area contributed by atoms with Gasteiger partial charge in [0.15, 0.2) is 5.13 Å². The first-order valence-electron chi connectivity index (χ1n) is 8.78. The monoisotopic (exact) mass is 411 g/mol. The van der Waals surface area contributed by atoms with Gasteiger partial charge in [0.2, 0.25) is 0 Å². The van der Waals surface area contributed by atoms with E-state index in [0.29, 0.717) is 22.2 Å². The van der Waals surface area contributed by atoms with Crippen molar-refractivity contribution in [2.24, 2.45) is 0 Å². The number of anilines is 2. The van der Waals surface area contributed by atoms with E-state index in [1.54, 1.807) is 23.6 Å². The number of hydrogen-bond acceptors (Lipinski definition) is 6. The number of ether oxygens (including phenoxy) is 2. The summed E-state index contributed by atoms with van der Waals surface area (Å²) in [5.74, 6) is 0.293. The summed E-state index contributed by atoms with van der Waals surface area (Å²) in [5, 5.41) is 7.47. The highest BCUT2D eigenvalue weighted by molar-refractivity contribution is 7.14. The minimum absolute atomic E-state index is 0.231. The maximum absolute atomic E-state index is 12.5. The zero-order valence-corrected chi connectivity index (χ0v) is 17.3. The number of carbonyl (C=O) groups is 2. The predicted octanol–water partition coefficient (Wildman–Crippen LogP) is 4.28. The predicted molar refractivity (Wildman–Crippen MR) is 113 cm³/mol. The lowest BCUT2D eigenvalue weighted by Gasteiger charge is -2.08. The number of rotatable bonds is 6. The van der Waals surface area contributed by atoms with Gasteiger partial charge in [-0.1, -0.05) is 12.1 Å². The van der Waals surface area contributed by atoms with E-state index in [4.69, 9.17) is 9.47 Å². The SMILES string of the molecule is COc1cc(OC)cc(C(=O)Nc2nc(C(=O)Nc3cc(C)ccc3C)cs2)c1. The maximum Gasteiger partial charge on any atom is 0.275 e. The first-order chi connectivity index (χ1) is 13.9. The van der Waals surface area contributed by atoms with Crippen LogP contribution in [0.4, 0.5) is 10.8 Å². The summed E-state index contributed by atoms with van der Waals surface area (Å²) >= 11 is 1.17. The highest BCUT2D eigenvalue weighted by atomic mass is 32.1. The molecule has 150 valence electrons. The van der Waals surface area contributed by atoms with Gasteiger partial charge in [-0.25, -0.2) is 4.98 Å². The van der Waals surface area contributed by atoms with Gasteiger partial charge in [-0.2, -0.15) is 0 Å². The van der Waals surface area contributed by atoms with Crippen molar-refractivity contribution in [2.45, 2.75) is 13.8 Å². The van der Waals surface area contributed by atoms with E-state index in [-0.39, 0.29) is 17.5 Å². The molecule has 0 radical (unpaired) electrons. The van der Waals surface area contributed by atoms with Crippen molar-refractivity contribution >= 4 is 34.0 Å². The molecular weight excluding hydrogens is 390 g/mol. The fraction of sp³-hybridized carbons (Fsp3) is 0.190. The molecule has 3 aromatic rings. The van der Waals surface area contributed by atoms with Crippen molar-refractivity contribution in [2.75, 3.05) is 24.9 Å². The fourth-order valence-corrected chi connectivity index (χ4v) is 3.29. The largest absolute Gasteiger partial charge is 0.497 e. The van der Waals surface area contributed by atoms with Crippen LogP contribution in [0.1, 0.15) is 32.0 Å². The van der Waals surface area contributed by atoms with Gasteiger partial charge in [0.25, 0.3) is 11.8 Å². The molecule has 0 saturated heterocycles. The number of aryl methyl sites for hydroxylation is 2. The minimum atomic E-state index is -0.377. The van der Waals surface area contributed by atoms with Gasteiger partial charge in [-0.15, -0.1) is 11.3 Å². The number of hydrogen-bond donors (Lipinski definition) is 2. The first kappa shape index (κ1) is 20.3. The average molecular weight is 411 g/mol. The Balaban J connectivity index is 1.72. The lowest BCUT2D eigenvalue weighted by atomic mass is 10.1. The Hall–Kier alpha value is -3.39. The van der Waals surface area contributed by atoms with Crippen LogP contribution in [-0.2, 0) is 0 Å². The van der Waals surface area contributed by atoms with E-state index >= 15 is 0 Å². The molecule has 2 aromatic carbocycles. The molecule has 0 spiro atoms. The van der Waals surface area contributed by atoms with Crippen LogP contribution in [-0.4, -0.2) is 31.0 Å². The molecule has 0 atom stereocenters. The van der Waals surface area contributed by atoms with Gasteiger partial charge in [0.05, 0.1) is 14.2 Å². The quantitative estimate of drug-likeness (QED) is 0.632. The molecule has 3 rings (SSSR count). The Kier molecular flexibility index (Phi) is 6.13. The Labute approximate surface area is 172 Å². The third kappa shape index (κ3) is 4.91. The standard InChI is InChI=1S/C21H21N3O4S/c1-12-5-6-13(2)17(7-12)22-20(26)18-11-29-21(23-18)24-19(25)14-8-15(27-3)10-16(9-14)28-4/h5-11H,1-4H3,(H,22,26)(H,23,24,25). The summed E-state index contributed by atoms with van der Waals surface area (Å²) < 4.78 is 10.4. The van der Waals surface area contributed by atoms with Crippen LogP contribution in [0.3, 0.4) is 0 Å². The summed E-state index contributed by atoms with van der Waals surface area (Å²) in [6.07, 6.45) is 0. The summed E-state index contributed by atoms with van der Waals surface area (Å²) in [6.45, 7) is 3.88. The van der Waals surface area contributed by atoms with Crippen LogP contribution >= 0.6 is 11.3 Å². The molecule has 2 amide bonds. The van der Waals surface area contributed by atoms with Crippen LogP contribution in [0, 0.1) is 13.8 Å². The average Bonchev–Trinajstić information content (AvgIpc) is 3.18. The van der Waals surface area contributed by atoms with E-state index in [9.17, 15) is 9.59 Å². The van der Waals surface area contributed by atoms with Crippen molar-refractivity contribution in [3.05, 3.63) is 64.2 Å². The summed E-state index contributed by atoms with van der Waals surface area (Å²) in [5.41, 5.74) is 3.33. The number of carbonyl (C=O) groups excluding carboxylic acids is 2. The zero-order chi connectivity index (χ0) is 21.0. The second-order valence-corrected chi connectivity index (χ2v) is 7.22. The van der Waals surface area contributed by atoms with Gasteiger partial charge < -0.3 is 14.8 Å². The lowest BCUT2D eigenvalue weighted by molar-refractivity contribution is 0.101. The Bertz CT molecular complexity index is 1040. The number of aromatic nitrogens is 1. The van der Waals surface area contributed by atoms with Crippen LogP contribution < -0.4 is 20.1 Å². The lowest BCUT2D eigenvalue weighted by Crippen LogP contribution is -2.15. The highest BCUT2D eigenvalue weighted by Gasteiger charge is 2.15.